The quantitative estimate of drug-likeness (QED) is 0.512. The predicted molar refractivity (Wildman–Crippen MR) is 98.5 cm³/mol. The molecule has 24 heavy (non-hydrogen) atoms. The molecule has 3 aromatic rings. The van der Waals surface area contributed by atoms with E-state index in [1.807, 2.05) is 41.8 Å². The van der Waals surface area contributed by atoms with Crippen LogP contribution in [0.5, 0.6) is 5.75 Å². The van der Waals surface area contributed by atoms with Gasteiger partial charge in [-0.05, 0) is 42.4 Å². The Balaban J connectivity index is 1.77. The standard InChI is InChI=1S/C19H19N3OS/c1-3-13-22-18(20-21-19(22)24)14(2)23-17-11-9-16(10-12-17)15-7-5-4-6-8-15/h3-12,14H,1,13H2,2H3,(H,21,24)/t14-/m0/s1. The Hall–Kier alpha value is -2.66. The average Bonchev–Trinajstić information content (AvgIpc) is 2.98. The third-order valence-corrected chi connectivity index (χ3v) is 4.05. The van der Waals surface area contributed by atoms with Crippen LogP contribution in [0.4, 0.5) is 0 Å². The molecule has 1 atom stereocenters. The van der Waals surface area contributed by atoms with E-state index in [1.165, 1.54) is 5.56 Å². The summed E-state index contributed by atoms with van der Waals surface area (Å²) in [5.74, 6) is 1.55. The van der Waals surface area contributed by atoms with Crippen molar-refractivity contribution in [2.45, 2.75) is 19.6 Å². The largest absolute Gasteiger partial charge is 0.483 e. The maximum atomic E-state index is 6.01. The van der Waals surface area contributed by atoms with Gasteiger partial charge in [0.2, 0.25) is 0 Å². The van der Waals surface area contributed by atoms with Crippen molar-refractivity contribution in [3.8, 4) is 16.9 Å². The van der Waals surface area contributed by atoms with Crippen molar-refractivity contribution in [3.63, 3.8) is 0 Å². The first-order valence-electron chi connectivity index (χ1n) is 7.77. The fourth-order valence-electron chi connectivity index (χ4n) is 2.56. The monoisotopic (exact) mass is 337 g/mol. The van der Waals surface area contributed by atoms with Crippen LogP contribution in [0, 0.1) is 4.77 Å². The van der Waals surface area contributed by atoms with Crippen LogP contribution in [-0.2, 0) is 6.54 Å². The molecule has 0 bridgehead atoms. The van der Waals surface area contributed by atoms with Crippen molar-refractivity contribution in [2.24, 2.45) is 0 Å². The molecule has 1 heterocycles. The Bertz CT molecular complexity index is 866. The van der Waals surface area contributed by atoms with Gasteiger partial charge in [0.15, 0.2) is 16.7 Å². The van der Waals surface area contributed by atoms with Crippen LogP contribution in [0.1, 0.15) is 18.9 Å². The first kappa shape index (κ1) is 16.2. The zero-order valence-corrected chi connectivity index (χ0v) is 14.3. The van der Waals surface area contributed by atoms with Crippen molar-refractivity contribution in [1.82, 2.24) is 14.8 Å². The number of nitrogens with one attached hydrogen (secondary N) is 1. The van der Waals surface area contributed by atoms with Crippen LogP contribution >= 0.6 is 12.2 Å². The molecule has 1 aromatic heterocycles. The predicted octanol–water partition coefficient (Wildman–Crippen LogP) is 4.93. The molecule has 0 aliphatic rings. The van der Waals surface area contributed by atoms with Crippen LogP contribution in [0.3, 0.4) is 0 Å². The molecule has 4 nitrogen and oxygen atoms in total. The fraction of sp³-hybridized carbons (Fsp3) is 0.158. The van der Waals surface area contributed by atoms with Crippen molar-refractivity contribution in [1.29, 1.82) is 0 Å². The highest BCUT2D eigenvalue weighted by Crippen LogP contribution is 2.25. The second-order valence-corrected chi connectivity index (χ2v) is 5.82. The first-order valence-corrected chi connectivity index (χ1v) is 8.18. The number of hydrogen-bond donors (Lipinski definition) is 1. The van der Waals surface area contributed by atoms with Gasteiger partial charge in [-0.2, -0.15) is 5.10 Å². The summed E-state index contributed by atoms with van der Waals surface area (Å²) in [6, 6.07) is 18.3. The lowest BCUT2D eigenvalue weighted by atomic mass is 10.1. The normalized spacial score (nSPS) is 11.9. The summed E-state index contributed by atoms with van der Waals surface area (Å²) in [6.07, 6.45) is 1.57. The molecule has 0 radical (unpaired) electrons. The highest BCUT2D eigenvalue weighted by Gasteiger charge is 2.15. The topological polar surface area (TPSA) is 42.8 Å². The van der Waals surface area contributed by atoms with E-state index in [0.29, 0.717) is 11.3 Å². The first-order chi connectivity index (χ1) is 11.7. The van der Waals surface area contributed by atoms with Crippen LogP contribution in [0.15, 0.2) is 67.3 Å². The number of aromatic amines is 1. The smallest absolute Gasteiger partial charge is 0.195 e. The van der Waals surface area contributed by atoms with E-state index in [1.54, 1.807) is 6.08 Å². The molecular formula is C19H19N3OS. The zero-order valence-electron chi connectivity index (χ0n) is 13.5. The Kier molecular flexibility index (Phi) is 4.91. The number of nitrogens with zero attached hydrogens (tertiary/aromatic N) is 2. The number of benzene rings is 2. The van der Waals surface area contributed by atoms with Crippen molar-refractivity contribution in [2.75, 3.05) is 0 Å². The van der Waals surface area contributed by atoms with Gasteiger partial charge < -0.3 is 4.74 Å². The van der Waals surface area contributed by atoms with Crippen molar-refractivity contribution in [3.05, 3.63) is 77.8 Å². The van der Waals surface area contributed by atoms with Gasteiger partial charge in [0, 0.05) is 6.54 Å². The Morgan fingerprint density at radius 2 is 1.83 bits per heavy atom. The highest BCUT2D eigenvalue weighted by molar-refractivity contribution is 7.71. The average molecular weight is 337 g/mol. The molecule has 0 spiro atoms. The summed E-state index contributed by atoms with van der Waals surface area (Å²) < 4.78 is 8.46. The van der Waals surface area contributed by atoms with E-state index < -0.39 is 0 Å². The molecule has 0 saturated heterocycles. The van der Waals surface area contributed by atoms with Gasteiger partial charge in [-0.3, -0.25) is 9.67 Å². The minimum absolute atomic E-state index is 0.222. The number of aromatic nitrogens is 3. The fourth-order valence-corrected chi connectivity index (χ4v) is 2.77. The zero-order chi connectivity index (χ0) is 16.9. The third kappa shape index (κ3) is 3.46. The number of ether oxygens (including phenoxy) is 1. The van der Waals surface area contributed by atoms with Gasteiger partial charge in [-0.25, -0.2) is 0 Å². The molecule has 1 N–H and O–H groups in total. The van der Waals surface area contributed by atoms with Crippen molar-refractivity contribution < 1.29 is 4.74 Å². The highest BCUT2D eigenvalue weighted by atomic mass is 32.1. The van der Waals surface area contributed by atoms with E-state index in [0.717, 1.165) is 17.1 Å². The molecular weight excluding hydrogens is 318 g/mol. The lowest BCUT2D eigenvalue weighted by Crippen LogP contribution is -2.11. The molecule has 5 heteroatoms. The van der Waals surface area contributed by atoms with E-state index in [2.05, 4.69) is 41.0 Å². The van der Waals surface area contributed by atoms with Gasteiger partial charge in [0.25, 0.3) is 0 Å². The Labute approximate surface area is 146 Å². The van der Waals surface area contributed by atoms with E-state index in [4.69, 9.17) is 17.0 Å². The maximum Gasteiger partial charge on any atom is 0.195 e. The molecule has 0 fully saturated rings. The van der Waals surface area contributed by atoms with Crippen molar-refractivity contribution >= 4 is 12.2 Å². The molecule has 0 amide bonds. The molecule has 3 rings (SSSR count). The molecule has 0 unspecified atom stereocenters. The summed E-state index contributed by atoms with van der Waals surface area (Å²) in [6.45, 7) is 6.31. The number of allylic oxidation sites excluding steroid dienone is 1. The summed E-state index contributed by atoms with van der Waals surface area (Å²) in [4.78, 5) is 0. The number of hydrogen-bond acceptors (Lipinski definition) is 3. The summed E-state index contributed by atoms with van der Waals surface area (Å²) in [7, 11) is 0. The lowest BCUT2D eigenvalue weighted by molar-refractivity contribution is 0.211. The third-order valence-electron chi connectivity index (χ3n) is 3.74. The molecule has 0 aliphatic carbocycles. The molecule has 0 saturated carbocycles. The summed E-state index contributed by atoms with van der Waals surface area (Å²) >= 11 is 5.23. The van der Waals surface area contributed by atoms with E-state index in [-0.39, 0.29) is 6.10 Å². The minimum Gasteiger partial charge on any atom is -0.483 e. The van der Waals surface area contributed by atoms with Crippen LogP contribution in [0.2, 0.25) is 0 Å². The van der Waals surface area contributed by atoms with E-state index >= 15 is 0 Å². The second kappa shape index (κ2) is 7.27. The SMILES string of the molecule is C=CCn1c([C@H](C)Oc2ccc(-c3ccccc3)cc2)n[nH]c1=S. The van der Waals surface area contributed by atoms with E-state index in [9.17, 15) is 0 Å². The van der Waals surface area contributed by atoms with Gasteiger partial charge in [0.05, 0.1) is 0 Å². The second-order valence-electron chi connectivity index (χ2n) is 5.44. The van der Waals surface area contributed by atoms with Crippen LogP contribution < -0.4 is 4.74 Å². The number of H-pyrrole nitrogens is 1. The molecule has 2 aromatic carbocycles. The molecule has 122 valence electrons. The minimum atomic E-state index is -0.222. The molecule has 0 aliphatic heterocycles. The number of rotatable bonds is 6. The van der Waals surface area contributed by atoms with Crippen LogP contribution in [-0.4, -0.2) is 14.8 Å². The summed E-state index contributed by atoms with van der Waals surface area (Å²) in [5, 5.41) is 7.08. The van der Waals surface area contributed by atoms with Gasteiger partial charge in [-0.1, -0.05) is 48.5 Å². The van der Waals surface area contributed by atoms with Gasteiger partial charge in [-0.15, -0.1) is 6.58 Å². The Morgan fingerprint density at radius 1 is 1.17 bits per heavy atom. The summed E-state index contributed by atoms with van der Waals surface area (Å²) in [5.41, 5.74) is 2.34. The van der Waals surface area contributed by atoms with Gasteiger partial charge in [0.1, 0.15) is 5.75 Å². The lowest BCUT2D eigenvalue weighted by Gasteiger charge is -2.15. The van der Waals surface area contributed by atoms with Gasteiger partial charge >= 0.3 is 0 Å². The maximum absolute atomic E-state index is 6.01. The van der Waals surface area contributed by atoms with Crippen LogP contribution in [0.25, 0.3) is 11.1 Å². The Morgan fingerprint density at radius 3 is 2.50 bits per heavy atom.